The van der Waals surface area contributed by atoms with Crippen LogP contribution in [0.4, 0.5) is 0 Å². The van der Waals surface area contributed by atoms with Gasteiger partial charge in [0.25, 0.3) is 0 Å². The van der Waals surface area contributed by atoms with E-state index in [2.05, 4.69) is 38.1 Å². The minimum absolute atomic E-state index is 0.171. The zero-order chi connectivity index (χ0) is 13.2. The summed E-state index contributed by atoms with van der Waals surface area (Å²) in [4.78, 5) is 1.28. The zero-order valence-corrected chi connectivity index (χ0v) is 12.4. The highest BCUT2D eigenvalue weighted by molar-refractivity contribution is 7.99. The smallest absolute Gasteiger partial charge is 0.0905 e. The molecule has 0 saturated carbocycles. The molecule has 0 heterocycles. The lowest BCUT2D eigenvalue weighted by atomic mass is 10.3. The van der Waals surface area contributed by atoms with Gasteiger partial charge in [0.05, 0.1) is 18.8 Å². The van der Waals surface area contributed by atoms with E-state index in [0.717, 1.165) is 18.8 Å². The van der Waals surface area contributed by atoms with Crippen molar-refractivity contribution in [3.63, 3.8) is 0 Å². The van der Waals surface area contributed by atoms with Gasteiger partial charge in [-0.3, -0.25) is 0 Å². The van der Waals surface area contributed by atoms with Crippen molar-refractivity contribution in [1.29, 1.82) is 0 Å². The molecule has 0 aliphatic heterocycles. The van der Waals surface area contributed by atoms with E-state index in [1.165, 1.54) is 4.90 Å². The quantitative estimate of drug-likeness (QED) is 0.631. The molecule has 0 amide bonds. The predicted octanol–water partition coefficient (Wildman–Crippen LogP) is 4.00. The van der Waals surface area contributed by atoms with Gasteiger partial charge in [0.1, 0.15) is 0 Å². The largest absolute Gasteiger partial charge is 0.379 e. The van der Waals surface area contributed by atoms with Crippen molar-refractivity contribution in [3.8, 4) is 0 Å². The fraction of sp³-hybridized carbons (Fsp3) is 0.600. The SMILES string of the molecule is CCOCC(CSc1ccccc1)OC(C)CC. The highest BCUT2D eigenvalue weighted by Gasteiger charge is 2.13. The van der Waals surface area contributed by atoms with E-state index in [1.54, 1.807) is 0 Å². The number of rotatable bonds is 9. The minimum Gasteiger partial charge on any atom is -0.379 e. The molecular formula is C15H24O2S. The van der Waals surface area contributed by atoms with Crippen LogP contribution in [0.2, 0.25) is 0 Å². The first-order valence-corrected chi connectivity index (χ1v) is 7.65. The maximum atomic E-state index is 5.98. The number of thioether (sulfide) groups is 1. The van der Waals surface area contributed by atoms with Crippen LogP contribution >= 0.6 is 11.8 Å². The Balaban J connectivity index is 2.39. The van der Waals surface area contributed by atoms with Gasteiger partial charge in [-0.2, -0.15) is 0 Å². The molecule has 1 aromatic rings. The summed E-state index contributed by atoms with van der Waals surface area (Å²) in [6.07, 6.45) is 1.51. The van der Waals surface area contributed by atoms with E-state index in [1.807, 2.05) is 24.8 Å². The van der Waals surface area contributed by atoms with Crippen LogP contribution in [0.25, 0.3) is 0 Å². The van der Waals surface area contributed by atoms with Crippen LogP contribution in [-0.4, -0.2) is 31.2 Å². The van der Waals surface area contributed by atoms with Crippen molar-refractivity contribution in [2.45, 2.75) is 44.3 Å². The molecule has 1 aromatic carbocycles. The summed E-state index contributed by atoms with van der Waals surface area (Å²) >= 11 is 1.83. The Morgan fingerprint density at radius 2 is 1.89 bits per heavy atom. The molecule has 0 N–H and O–H groups in total. The summed E-state index contributed by atoms with van der Waals surface area (Å²) in [6, 6.07) is 10.4. The molecule has 2 unspecified atom stereocenters. The van der Waals surface area contributed by atoms with Crippen molar-refractivity contribution in [2.75, 3.05) is 19.0 Å². The maximum absolute atomic E-state index is 5.98. The molecule has 0 bridgehead atoms. The summed E-state index contributed by atoms with van der Waals surface area (Å²) in [7, 11) is 0. The van der Waals surface area contributed by atoms with Crippen molar-refractivity contribution in [2.24, 2.45) is 0 Å². The molecule has 2 nitrogen and oxygen atoms in total. The van der Waals surface area contributed by atoms with E-state index in [-0.39, 0.29) is 6.10 Å². The second-order valence-electron chi connectivity index (χ2n) is 4.26. The molecule has 3 heteroatoms. The number of benzene rings is 1. The van der Waals surface area contributed by atoms with Gasteiger partial charge in [0, 0.05) is 17.3 Å². The van der Waals surface area contributed by atoms with E-state index >= 15 is 0 Å². The Kier molecular flexibility index (Phi) is 8.14. The first kappa shape index (κ1) is 15.5. The van der Waals surface area contributed by atoms with Crippen LogP contribution in [0, 0.1) is 0 Å². The van der Waals surface area contributed by atoms with Gasteiger partial charge in [-0.25, -0.2) is 0 Å². The van der Waals surface area contributed by atoms with Crippen LogP contribution < -0.4 is 0 Å². The zero-order valence-electron chi connectivity index (χ0n) is 11.6. The van der Waals surface area contributed by atoms with Gasteiger partial charge in [-0.05, 0) is 32.4 Å². The Labute approximate surface area is 115 Å². The number of hydrogen-bond acceptors (Lipinski definition) is 3. The monoisotopic (exact) mass is 268 g/mol. The molecule has 0 saturated heterocycles. The van der Waals surface area contributed by atoms with Crippen molar-refractivity contribution < 1.29 is 9.47 Å². The fourth-order valence-corrected chi connectivity index (χ4v) is 2.41. The molecule has 0 aliphatic rings. The molecular weight excluding hydrogens is 244 g/mol. The molecule has 102 valence electrons. The van der Waals surface area contributed by atoms with Crippen molar-refractivity contribution >= 4 is 11.8 Å². The van der Waals surface area contributed by atoms with Crippen molar-refractivity contribution in [1.82, 2.24) is 0 Å². The molecule has 0 aliphatic carbocycles. The third-order valence-corrected chi connectivity index (χ3v) is 3.83. The molecule has 18 heavy (non-hydrogen) atoms. The van der Waals surface area contributed by atoms with Gasteiger partial charge < -0.3 is 9.47 Å². The standard InChI is InChI=1S/C15H24O2S/c1-4-13(3)17-14(11-16-5-2)12-18-15-9-7-6-8-10-15/h6-10,13-14H,4-5,11-12H2,1-3H3. The van der Waals surface area contributed by atoms with Crippen LogP contribution in [0.5, 0.6) is 0 Å². The van der Waals surface area contributed by atoms with Gasteiger partial charge in [-0.1, -0.05) is 25.1 Å². The molecule has 0 radical (unpaired) electrons. The predicted molar refractivity (Wildman–Crippen MR) is 78.3 cm³/mol. The van der Waals surface area contributed by atoms with E-state index in [0.29, 0.717) is 12.7 Å². The topological polar surface area (TPSA) is 18.5 Å². The summed E-state index contributed by atoms with van der Waals surface area (Å²) < 4.78 is 11.5. The lowest BCUT2D eigenvalue weighted by Gasteiger charge is -2.21. The third-order valence-electron chi connectivity index (χ3n) is 2.69. The van der Waals surface area contributed by atoms with Crippen LogP contribution in [-0.2, 0) is 9.47 Å². The molecule has 0 spiro atoms. The third kappa shape index (κ3) is 6.43. The maximum Gasteiger partial charge on any atom is 0.0905 e. The molecule has 1 rings (SSSR count). The summed E-state index contributed by atoms with van der Waals surface area (Å²) in [6.45, 7) is 7.71. The summed E-state index contributed by atoms with van der Waals surface area (Å²) in [5.41, 5.74) is 0. The Morgan fingerprint density at radius 3 is 2.50 bits per heavy atom. The molecule has 2 atom stereocenters. The van der Waals surface area contributed by atoms with Crippen LogP contribution in [0.3, 0.4) is 0 Å². The van der Waals surface area contributed by atoms with Gasteiger partial charge in [0.15, 0.2) is 0 Å². The van der Waals surface area contributed by atoms with E-state index in [4.69, 9.17) is 9.47 Å². The Bertz CT molecular complexity index is 303. The van der Waals surface area contributed by atoms with Gasteiger partial charge in [0.2, 0.25) is 0 Å². The van der Waals surface area contributed by atoms with Crippen LogP contribution in [0.15, 0.2) is 35.2 Å². The second-order valence-corrected chi connectivity index (χ2v) is 5.35. The van der Waals surface area contributed by atoms with Crippen molar-refractivity contribution in [3.05, 3.63) is 30.3 Å². The van der Waals surface area contributed by atoms with Crippen LogP contribution in [0.1, 0.15) is 27.2 Å². The average Bonchev–Trinajstić information content (AvgIpc) is 2.42. The second kappa shape index (κ2) is 9.42. The summed E-state index contributed by atoms with van der Waals surface area (Å²) in [5.74, 6) is 0.939. The van der Waals surface area contributed by atoms with E-state index < -0.39 is 0 Å². The van der Waals surface area contributed by atoms with Gasteiger partial charge in [-0.15, -0.1) is 11.8 Å². The van der Waals surface area contributed by atoms with E-state index in [9.17, 15) is 0 Å². The number of hydrogen-bond donors (Lipinski definition) is 0. The molecule has 0 aromatic heterocycles. The summed E-state index contributed by atoms with van der Waals surface area (Å²) in [5, 5.41) is 0. The highest BCUT2D eigenvalue weighted by Crippen LogP contribution is 2.20. The first-order valence-electron chi connectivity index (χ1n) is 6.67. The minimum atomic E-state index is 0.171. The Hall–Kier alpha value is -0.510. The molecule has 0 fully saturated rings. The number of ether oxygens (including phenoxy) is 2. The average molecular weight is 268 g/mol. The lowest BCUT2D eigenvalue weighted by molar-refractivity contribution is -0.0377. The highest BCUT2D eigenvalue weighted by atomic mass is 32.2. The lowest BCUT2D eigenvalue weighted by Crippen LogP contribution is -2.27. The normalized spacial score (nSPS) is 14.4. The fourth-order valence-electron chi connectivity index (χ4n) is 1.51. The Morgan fingerprint density at radius 1 is 1.17 bits per heavy atom. The first-order chi connectivity index (χ1) is 8.76. The van der Waals surface area contributed by atoms with Gasteiger partial charge >= 0.3 is 0 Å².